The maximum absolute atomic E-state index is 10.7. The van der Waals surface area contributed by atoms with Gasteiger partial charge >= 0.3 is 5.97 Å². The maximum atomic E-state index is 10.7. The molecule has 0 spiro atoms. The lowest BCUT2D eigenvalue weighted by Gasteiger charge is -2.31. The van der Waals surface area contributed by atoms with E-state index < -0.39 is 11.6 Å². The maximum Gasteiger partial charge on any atom is 0.336 e. The van der Waals surface area contributed by atoms with Crippen LogP contribution >= 0.6 is 0 Å². The molecule has 0 bridgehead atoms. The van der Waals surface area contributed by atoms with Gasteiger partial charge in [0.05, 0.1) is 0 Å². The molecule has 3 atom stereocenters. The summed E-state index contributed by atoms with van der Waals surface area (Å²) >= 11 is 0. The zero-order valence-corrected chi connectivity index (χ0v) is 9.49. The minimum absolute atomic E-state index is 0.122. The normalized spacial score (nSPS) is 30.9. The van der Waals surface area contributed by atoms with Gasteiger partial charge in [-0.1, -0.05) is 19.8 Å². The first-order valence-electron chi connectivity index (χ1n) is 5.62. The minimum Gasteiger partial charge on any atom is -0.479 e. The number of carboxylic acid groups (broad SMARTS) is 1. The van der Waals surface area contributed by atoms with Crippen molar-refractivity contribution in [2.45, 2.75) is 51.2 Å². The second-order valence-corrected chi connectivity index (χ2v) is 4.83. The quantitative estimate of drug-likeness (QED) is 0.654. The molecule has 3 N–H and O–H groups in total. The van der Waals surface area contributed by atoms with E-state index in [1.165, 1.54) is 26.2 Å². The number of rotatable bonds is 4. The number of hydrogen-bond acceptors (Lipinski definition) is 3. The lowest BCUT2D eigenvalue weighted by atomic mass is 9.85. The Hall–Kier alpha value is -0.610. The highest BCUT2D eigenvalue weighted by molar-refractivity contribution is 5.76. The first-order valence-corrected chi connectivity index (χ1v) is 5.62. The zero-order chi connectivity index (χ0) is 11.5. The molecule has 1 aliphatic rings. The molecule has 1 saturated carbocycles. The van der Waals surface area contributed by atoms with Crippen LogP contribution < -0.4 is 5.32 Å². The van der Waals surface area contributed by atoms with Gasteiger partial charge in [0.1, 0.15) is 0 Å². The molecular formula is C11H21NO3. The zero-order valence-electron chi connectivity index (χ0n) is 9.49. The Kier molecular flexibility index (Phi) is 4.11. The van der Waals surface area contributed by atoms with Gasteiger partial charge in [-0.15, -0.1) is 0 Å². The van der Waals surface area contributed by atoms with E-state index in [1.807, 2.05) is 0 Å². The predicted octanol–water partition coefficient (Wildman–Crippen LogP) is 0.990. The third kappa shape index (κ3) is 3.47. The van der Waals surface area contributed by atoms with Crippen molar-refractivity contribution in [2.24, 2.45) is 5.92 Å². The molecule has 0 aromatic rings. The van der Waals surface area contributed by atoms with E-state index in [9.17, 15) is 9.90 Å². The Morgan fingerprint density at radius 3 is 2.60 bits per heavy atom. The summed E-state index contributed by atoms with van der Waals surface area (Å²) in [5, 5.41) is 21.5. The largest absolute Gasteiger partial charge is 0.479 e. The van der Waals surface area contributed by atoms with E-state index in [0.717, 1.165) is 6.42 Å². The summed E-state index contributed by atoms with van der Waals surface area (Å²) in [6, 6.07) is 0.351. The molecule has 3 unspecified atom stereocenters. The molecule has 15 heavy (non-hydrogen) atoms. The van der Waals surface area contributed by atoms with Crippen LogP contribution in [-0.2, 0) is 4.79 Å². The molecule has 0 aromatic carbocycles. The number of aliphatic carboxylic acids is 1. The topological polar surface area (TPSA) is 69.6 Å². The second kappa shape index (κ2) is 4.94. The smallest absolute Gasteiger partial charge is 0.336 e. The van der Waals surface area contributed by atoms with Gasteiger partial charge in [-0.25, -0.2) is 4.79 Å². The van der Waals surface area contributed by atoms with E-state index in [1.54, 1.807) is 0 Å². The fourth-order valence-electron chi connectivity index (χ4n) is 2.02. The summed E-state index contributed by atoms with van der Waals surface area (Å²) in [5.41, 5.74) is -1.66. The molecule has 4 heteroatoms. The molecular weight excluding hydrogens is 194 g/mol. The van der Waals surface area contributed by atoms with E-state index in [0.29, 0.717) is 12.0 Å². The molecule has 0 aromatic heterocycles. The van der Waals surface area contributed by atoms with E-state index in [2.05, 4.69) is 12.2 Å². The van der Waals surface area contributed by atoms with Crippen LogP contribution in [0.15, 0.2) is 0 Å². The Morgan fingerprint density at radius 2 is 2.07 bits per heavy atom. The summed E-state index contributed by atoms with van der Waals surface area (Å²) in [6.45, 7) is 3.62. The van der Waals surface area contributed by atoms with Crippen LogP contribution in [0.25, 0.3) is 0 Å². The fraction of sp³-hybridized carbons (Fsp3) is 0.909. The Labute approximate surface area is 90.7 Å². The summed E-state index contributed by atoms with van der Waals surface area (Å²) in [5.74, 6) is -0.596. The van der Waals surface area contributed by atoms with Gasteiger partial charge < -0.3 is 15.5 Å². The van der Waals surface area contributed by atoms with E-state index >= 15 is 0 Å². The molecule has 0 radical (unpaired) electrons. The third-order valence-electron chi connectivity index (χ3n) is 3.28. The first-order chi connectivity index (χ1) is 6.93. The standard InChI is InChI=1S/C11H21NO3/c1-8-5-3-4-6-9(8)12-7-11(2,15)10(13)14/h8-9,12,15H,3-7H2,1-2H3,(H,13,14). The highest BCUT2D eigenvalue weighted by Crippen LogP contribution is 2.23. The van der Waals surface area contributed by atoms with Crippen LogP contribution in [0, 0.1) is 5.92 Å². The Bertz CT molecular complexity index is 228. The molecule has 88 valence electrons. The second-order valence-electron chi connectivity index (χ2n) is 4.83. The number of aliphatic hydroxyl groups is 1. The molecule has 1 aliphatic carbocycles. The van der Waals surface area contributed by atoms with Crippen molar-refractivity contribution in [1.29, 1.82) is 0 Å². The first kappa shape index (κ1) is 12.5. The lowest BCUT2D eigenvalue weighted by Crippen LogP contribution is -2.49. The monoisotopic (exact) mass is 215 g/mol. The van der Waals surface area contributed by atoms with Gasteiger partial charge in [0.2, 0.25) is 0 Å². The van der Waals surface area contributed by atoms with Gasteiger partial charge in [-0.3, -0.25) is 0 Å². The van der Waals surface area contributed by atoms with Gasteiger partial charge in [0, 0.05) is 12.6 Å². The average Bonchev–Trinajstić information content (AvgIpc) is 2.16. The summed E-state index contributed by atoms with van der Waals surface area (Å²) in [6.07, 6.45) is 4.72. The number of carboxylic acids is 1. The van der Waals surface area contributed by atoms with Crippen molar-refractivity contribution in [3.8, 4) is 0 Å². The molecule has 1 rings (SSSR count). The fourth-order valence-corrected chi connectivity index (χ4v) is 2.02. The molecule has 0 saturated heterocycles. The Morgan fingerprint density at radius 1 is 1.47 bits per heavy atom. The Balaban J connectivity index is 2.38. The molecule has 0 heterocycles. The van der Waals surface area contributed by atoms with Crippen LogP contribution in [0.2, 0.25) is 0 Å². The van der Waals surface area contributed by atoms with Crippen molar-refractivity contribution in [2.75, 3.05) is 6.54 Å². The van der Waals surface area contributed by atoms with Crippen LogP contribution in [0.1, 0.15) is 39.5 Å². The van der Waals surface area contributed by atoms with Gasteiger partial charge in [-0.2, -0.15) is 0 Å². The van der Waals surface area contributed by atoms with Crippen LogP contribution in [-0.4, -0.2) is 34.4 Å². The van der Waals surface area contributed by atoms with E-state index in [-0.39, 0.29) is 6.54 Å². The van der Waals surface area contributed by atoms with E-state index in [4.69, 9.17) is 5.11 Å². The molecule has 0 aliphatic heterocycles. The van der Waals surface area contributed by atoms with Crippen molar-refractivity contribution in [1.82, 2.24) is 5.32 Å². The van der Waals surface area contributed by atoms with Gasteiger partial charge in [-0.05, 0) is 25.7 Å². The highest BCUT2D eigenvalue weighted by atomic mass is 16.4. The van der Waals surface area contributed by atoms with Gasteiger partial charge in [0.25, 0.3) is 0 Å². The van der Waals surface area contributed by atoms with Crippen LogP contribution in [0.3, 0.4) is 0 Å². The molecule has 4 nitrogen and oxygen atoms in total. The predicted molar refractivity (Wildman–Crippen MR) is 57.7 cm³/mol. The van der Waals surface area contributed by atoms with Crippen molar-refractivity contribution in [3.05, 3.63) is 0 Å². The summed E-state index contributed by atoms with van der Waals surface area (Å²) < 4.78 is 0. The SMILES string of the molecule is CC1CCCCC1NCC(C)(O)C(=O)O. The lowest BCUT2D eigenvalue weighted by molar-refractivity contribution is -0.156. The molecule has 0 amide bonds. The summed E-state index contributed by atoms with van der Waals surface area (Å²) in [4.78, 5) is 10.7. The highest BCUT2D eigenvalue weighted by Gasteiger charge is 2.31. The number of hydrogen-bond donors (Lipinski definition) is 3. The van der Waals surface area contributed by atoms with Crippen molar-refractivity contribution in [3.63, 3.8) is 0 Å². The molecule has 1 fully saturated rings. The van der Waals surface area contributed by atoms with Crippen LogP contribution in [0.5, 0.6) is 0 Å². The minimum atomic E-state index is -1.66. The number of nitrogens with one attached hydrogen (secondary N) is 1. The van der Waals surface area contributed by atoms with Crippen molar-refractivity contribution >= 4 is 5.97 Å². The average molecular weight is 215 g/mol. The van der Waals surface area contributed by atoms with Crippen molar-refractivity contribution < 1.29 is 15.0 Å². The van der Waals surface area contributed by atoms with Gasteiger partial charge in [0.15, 0.2) is 5.60 Å². The summed E-state index contributed by atoms with van der Waals surface area (Å²) in [7, 11) is 0. The number of carbonyl (C=O) groups is 1. The van der Waals surface area contributed by atoms with Crippen LogP contribution in [0.4, 0.5) is 0 Å². The third-order valence-corrected chi connectivity index (χ3v) is 3.28.